The SMILES string of the molecule is CC(C)n1cc(C(=O)O)c(-c2ccc(Cl)c(Cl)c2)n1. The third kappa shape index (κ3) is 2.74. The third-order valence-corrected chi connectivity index (χ3v) is 3.42. The molecule has 0 unspecified atom stereocenters. The van der Waals surface area contributed by atoms with Gasteiger partial charge >= 0.3 is 5.97 Å². The maximum Gasteiger partial charge on any atom is 0.339 e. The van der Waals surface area contributed by atoms with E-state index in [0.29, 0.717) is 21.3 Å². The molecular weight excluding hydrogens is 287 g/mol. The van der Waals surface area contributed by atoms with Crippen LogP contribution in [-0.2, 0) is 0 Å². The lowest BCUT2D eigenvalue weighted by atomic mass is 10.1. The number of aromatic carboxylic acids is 1. The first-order chi connectivity index (χ1) is 8.90. The molecule has 100 valence electrons. The van der Waals surface area contributed by atoms with Crippen LogP contribution in [0, 0.1) is 0 Å². The highest BCUT2D eigenvalue weighted by atomic mass is 35.5. The van der Waals surface area contributed by atoms with Gasteiger partial charge in [0, 0.05) is 17.8 Å². The average molecular weight is 299 g/mol. The van der Waals surface area contributed by atoms with E-state index in [9.17, 15) is 9.90 Å². The van der Waals surface area contributed by atoms with Crippen LogP contribution in [0.2, 0.25) is 10.0 Å². The van der Waals surface area contributed by atoms with Gasteiger partial charge in [-0.2, -0.15) is 5.10 Å². The van der Waals surface area contributed by atoms with E-state index in [1.807, 2.05) is 13.8 Å². The summed E-state index contributed by atoms with van der Waals surface area (Å²) in [5.74, 6) is -1.02. The number of carboxylic acids is 1. The fraction of sp³-hybridized carbons (Fsp3) is 0.231. The number of carbonyl (C=O) groups is 1. The van der Waals surface area contributed by atoms with Crippen LogP contribution in [0.25, 0.3) is 11.3 Å². The molecule has 1 heterocycles. The van der Waals surface area contributed by atoms with Crippen LogP contribution in [0.1, 0.15) is 30.2 Å². The zero-order valence-electron chi connectivity index (χ0n) is 10.4. The summed E-state index contributed by atoms with van der Waals surface area (Å²) in [4.78, 5) is 11.3. The van der Waals surface area contributed by atoms with E-state index < -0.39 is 5.97 Å². The highest BCUT2D eigenvalue weighted by molar-refractivity contribution is 6.42. The minimum absolute atomic E-state index is 0.0784. The Morgan fingerprint density at radius 1 is 1.32 bits per heavy atom. The van der Waals surface area contributed by atoms with Gasteiger partial charge < -0.3 is 5.11 Å². The van der Waals surface area contributed by atoms with Crippen molar-refractivity contribution in [2.75, 3.05) is 0 Å². The Morgan fingerprint density at radius 3 is 2.53 bits per heavy atom. The Hall–Kier alpha value is -1.52. The highest BCUT2D eigenvalue weighted by Crippen LogP contribution is 2.30. The minimum Gasteiger partial charge on any atom is -0.478 e. The van der Waals surface area contributed by atoms with Crippen LogP contribution < -0.4 is 0 Å². The van der Waals surface area contributed by atoms with Crippen molar-refractivity contribution >= 4 is 29.2 Å². The lowest BCUT2D eigenvalue weighted by Gasteiger charge is -2.04. The fourth-order valence-corrected chi connectivity index (χ4v) is 1.97. The first-order valence-corrected chi connectivity index (χ1v) is 6.43. The topological polar surface area (TPSA) is 55.1 Å². The number of carboxylic acid groups (broad SMARTS) is 1. The maximum absolute atomic E-state index is 11.3. The summed E-state index contributed by atoms with van der Waals surface area (Å²) in [6.45, 7) is 3.86. The zero-order valence-corrected chi connectivity index (χ0v) is 11.9. The van der Waals surface area contributed by atoms with Crippen molar-refractivity contribution in [3.05, 3.63) is 40.0 Å². The molecule has 1 aromatic heterocycles. The molecule has 0 aliphatic rings. The Labute approximate surface area is 120 Å². The van der Waals surface area contributed by atoms with Gasteiger partial charge in [0.1, 0.15) is 11.3 Å². The largest absolute Gasteiger partial charge is 0.478 e. The van der Waals surface area contributed by atoms with E-state index in [-0.39, 0.29) is 11.6 Å². The van der Waals surface area contributed by atoms with Crippen LogP contribution in [0.15, 0.2) is 24.4 Å². The number of rotatable bonds is 3. The molecule has 0 aliphatic carbocycles. The summed E-state index contributed by atoms with van der Waals surface area (Å²) in [5, 5.41) is 14.3. The van der Waals surface area contributed by atoms with Crippen LogP contribution in [0.3, 0.4) is 0 Å². The van der Waals surface area contributed by atoms with Gasteiger partial charge in [0.15, 0.2) is 0 Å². The third-order valence-electron chi connectivity index (χ3n) is 2.68. The van der Waals surface area contributed by atoms with Crippen molar-refractivity contribution in [1.82, 2.24) is 9.78 Å². The predicted molar refractivity (Wildman–Crippen MR) is 75.0 cm³/mol. The van der Waals surface area contributed by atoms with Gasteiger partial charge in [-0.25, -0.2) is 4.79 Å². The van der Waals surface area contributed by atoms with Crippen molar-refractivity contribution in [2.24, 2.45) is 0 Å². The molecule has 0 saturated carbocycles. The molecule has 2 aromatic rings. The molecule has 0 saturated heterocycles. The standard InChI is InChI=1S/C13H12Cl2N2O2/c1-7(2)17-6-9(13(18)19)12(16-17)8-3-4-10(14)11(15)5-8/h3-7H,1-2H3,(H,18,19). The lowest BCUT2D eigenvalue weighted by Crippen LogP contribution is -2.00. The van der Waals surface area contributed by atoms with Gasteiger partial charge in [0.2, 0.25) is 0 Å². The summed E-state index contributed by atoms with van der Waals surface area (Å²) in [7, 11) is 0. The second-order valence-corrected chi connectivity index (χ2v) is 5.21. The van der Waals surface area contributed by atoms with Crippen LogP contribution in [0.5, 0.6) is 0 Å². The summed E-state index contributed by atoms with van der Waals surface area (Å²) in [6, 6.07) is 5.02. The van der Waals surface area contributed by atoms with Gasteiger partial charge in [0.05, 0.1) is 10.0 Å². The smallest absolute Gasteiger partial charge is 0.339 e. The Bertz CT molecular complexity index is 636. The maximum atomic E-state index is 11.3. The number of benzene rings is 1. The normalized spacial score (nSPS) is 11.0. The van der Waals surface area contributed by atoms with Crippen molar-refractivity contribution in [3.63, 3.8) is 0 Å². The zero-order chi connectivity index (χ0) is 14.2. The first-order valence-electron chi connectivity index (χ1n) is 5.68. The number of hydrogen-bond donors (Lipinski definition) is 1. The van der Waals surface area contributed by atoms with Gasteiger partial charge in [-0.3, -0.25) is 4.68 Å². The minimum atomic E-state index is -1.02. The van der Waals surface area contributed by atoms with Gasteiger partial charge in [0.25, 0.3) is 0 Å². The van der Waals surface area contributed by atoms with E-state index in [1.165, 1.54) is 6.20 Å². The lowest BCUT2D eigenvalue weighted by molar-refractivity contribution is 0.0697. The molecule has 1 N–H and O–H groups in total. The number of nitrogens with zero attached hydrogens (tertiary/aromatic N) is 2. The summed E-state index contributed by atoms with van der Waals surface area (Å²) >= 11 is 11.8. The molecule has 0 amide bonds. The van der Waals surface area contributed by atoms with Gasteiger partial charge in [-0.15, -0.1) is 0 Å². The molecule has 4 nitrogen and oxygen atoms in total. The fourth-order valence-electron chi connectivity index (χ4n) is 1.67. The predicted octanol–water partition coefficient (Wildman–Crippen LogP) is 4.14. The van der Waals surface area contributed by atoms with Crippen LogP contribution >= 0.6 is 23.2 Å². The van der Waals surface area contributed by atoms with Crippen LogP contribution in [0.4, 0.5) is 0 Å². The molecule has 0 atom stereocenters. The molecule has 1 aromatic carbocycles. The summed E-state index contributed by atoms with van der Waals surface area (Å²) in [5.41, 5.74) is 1.16. The molecule has 0 radical (unpaired) electrons. The Kier molecular flexibility index (Phi) is 3.83. The van der Waals surface area contributed by atoms with E-state index in [4.69, 9.17) is 23.2 Å². The van der Waals surface area contributed by atoms with Gasteiger partial charge in [-0.05, 0) is 26.0 Å². The van der Waals surface area contributed by atoms with Crippen molar-refractivity contribution in [2.45, 2.75) is 19.9 Å². The molecule has 6 heteroatoms. The van der Waals surface area contributed by atoms with Crippen molar-refractivity contribution in [3.8, 4) is 11.3 Å². The molecule has 19 heavy (non-hydrogen) atoms. The highest BCUT2D eigenvalue weighted by Gasteiger charge is 2.18. The second-order valence-electron chi connectivity index (χ2n) is 4.40. The summed E-state index contributed by atoms with van der Waals surface area (Å²) in [6.07, 6.45) is 1.52. The van der Waals surface area contributed by atoms with Crippen molar-refractivity contribution in [1.29, 1.82) is 0 Å². The Balaban J connectivity index is 2.59. The molecule has 0 bridgehead atoms. The van der Waals surface area contributed by atoms with Crippen molar-refractivity contribution < 1.29 is 9.90 Å². The van der Waals surface area contributed by atoms with E-state index in [2.05, 4.69) is 5.10 Å². The van der Waals surface area contributed by atoms with Crippen LogP contribution in [-0.4, -0.2) is 20.9 Å². The molecule has 0 aliphatic heterocycles. The Morgan fingerprint density at radius 2 is 2.00 bits per heavy atom. The second kappa shape index (κ2) is 5.23. The average Bonchev–Trinajstić information content (AvgIpc) is 2.78. The number of halogens is 2. The number of hydrogen-bond acceptors (Lipinski definition) is 2. The molecule has 0 spiro atoms. The summed E-state index contributed by atoms with van der Waals surface area (Å²) < 4.78 is 1.61. The van der Waals surface area contributed by atoms with Gasteiger partial charge in [-0.1, -0.05) is 29.3 Å². The quantitative estimate of drug-likeness (QED) is 0.926. The molecule has 0 fully saturated rings. The number of aromatic nitrogens is 2. The van der Waals surface area contributed by atoms with E-state index in [0.717, 1.165) is 0 Å². The van der Waals surface area contributed by atoms with E-state index >= 15 is 0 Å². The van der Waals surface area contributed by atoms with E-state index in [1.54, 1.807) is 22.9 Å². The molecule has 2 rings (SSSR count). The first kappa shape index (κ1) is 13.9. The molecular formula is C13H12Cl2N2O2. The monoisotopic (exact) mass is 298 g/mol.